The van der Waals surface area contributed by atoms with E-state index in [0.717, 1.165) is 14.3 Å². The molecule has 1 unspecified atom stereocenters. The van der Waals surface area contributed by atoms with Crippen molar-refractivity contribution in [2.45, 2.75) is 50.1 Å². The molecular formula is C25H28N4O8S3. The summed E-state index contributed by atoms with van der Waals surface area (Å²) in [6.45, 7) is 10.8. The summed E-state index contributed by atoms with van der Waals surface area (Å²) in [5.74, 6) is -1.37. The van der Waals surface area contributed by atoms with Crippen molar-refractivity contribution in [3.8, 4) is 0 Å². The van der Waals surface area contributed by atoms with Crippen LogP contribution < -0.4 is 0 Å². The molecule has 2 aromatic rings. The van der Waals surface area contributed by atoms with Gasteiger partial charge in [0, 0.05) is 17.9 Å². The van der Waals surface area contributed by atoms with Gasteiger partial charge in [-0.25, -0.2) is 9.59 Å². The van der Waals surface area contributed by atoms with Gasteiger partial charge in [0.2, 0.25) is 5.91 Å². The molecule has 1 aromatic heterocycles. The molecule has 0 N–H and O–H groups in total. The van der Waals surface area contributed by atoms with Crippen LogP contribution in [-0.2, 0) is 30.4 Å². The Labute approximate surface area is 243 Å². The van der Waals surface area contributed by atoms with Gasteiger partial charge in [-0.05, 0) is 55.9 Å². The highest BCUT2D eigenvalue weighted by molar-refractivity contribution is 8.06. The van der Waals surface area contributed by atoms with Crippen molar-refractivity contribution in [1.29, 1.82) is 0 Å². The van der Waals surface area contributed by atoms with Gasteiger partial charge in [0.15, 0.2) is 4.34 Å². The predicted molar refractivity (Wildman–Crippen MR) is 150 cm³/mol. The van der Waals surface area contributed by atoms with Gasteiger partial charge in [-0.3, -0.25) is 19.8 Å². The Hall–Kier alpha value is -3.43. The molecule has 15 heteroatoms. The van der Waals surface area contributed by atoms with E-state index < -0.39 is 40.4 Å². The van der Waals surface area contributed by atoms with E-state index >= 15 is 0 Å². The lowest BCUT2D eigenvalue weighted by molar-refractivity contribution is -0.384. The van der Waals surface area contributed by atoms with Crippen LogP contribution in [0.4, 0.5) is 10.5 Å². The Morgan fingerprint density at radius 2 is 1.93 bits per heavy atom. The summed E-state index contributed by atoms with van der Waals surface area (Å²) in [4.78, 5) is 50.6. The molecule has 0 bridgehead atoms. The average Bonchev–Trinajstić information content (AvgIpc) is 3.33. The van der Waals surface area contributed by atoms with Gasteiger partial charge in [-0.1, -0.05) is 29.7 Å². The highest BCUT2D eigenvalue weighted by Gasteiger charge is 2.55. The Kier molecular flexibility index (Phi) is 10.7. The van der Waals surface area contributed by atoms with E-state index in [1.165, 1.54) is 71.1 Å². The molecule has 214 valence electrons. The smallest absolute Gasteiger partial charge is 0.464 e. The van der Waals surface area contributed by atoms with E-state index in [4.69, 9.17) is 14.2 Å². The second kappa shape index (κ2) is 13.8. The van der Waals surface area contributed by atoms with E-state index in [-0.39, 0.29) is 18.0 Å². The number of nitrogens with zero attached hydrogens (tertiary/aromatic N) is 4. The Bertz CT molecular complexity index is 1320. The number of esters is 1. The zero-order valence-corrected chi connectivity index (χ0v) is 24.9. The number of carbonyl (C=O) groups excluding carboxylic acids is 3. The third-order valence-electron chi connectivity index (χ3n) is 5.62. The maximum atomic E-state index is 13.3. The molecule has 12 nitrogen and oxygen atoms in total. The Balaban J connectivity index is 1.69. The first-order chi connectivity index (χ1) is 18.9. The molecule has 1 aromatic carbocycles. The van der Waals surface area contributed by atoms with Gasteiger partial charge in [0.1, 0.15) is 34.7 Å². The van der Waals surface area contributed by atoms with Crippen LogP contribution in [0.25, 0.3) is 0 Å². The van der Waals surface area contributed by atoms with Gasteiger partial charge in [0.05, 0.1) is 12.0 Å². The van der Waals surface area contributed by atoms with Crippen LogP contribution >= 0.6 is 34.9 Å². The van der Waals surface area contributed by atoms with E-state index in [1.807, 2.05) is 6.92 Å². The fourth-order valence-corrected chi connectivity index (χ4v) is 6.88. The molecule has 0 radical (unpaired) electrons. The fourth-order valence-electron chi connectivity index (χ4n) is 3.72. The summed E-state index contributed by atoms with van der Waals surface area (Å²) in [6, 6.07) is 5.54. The van der Waals surface area contributed by atoms with E-state index in [0.29, 0.717) is 16.9 Å². The van der Waals surface area contributed by atoms with Crippen molar-refractivity contribution < 1.29 is 33.5 Å². The van der Waals surface area contributed by atoms with Crippen molar-refractivity contribution in [3.05, 3.63) is 67.7 Å². The lowest BCUT2D eigenvalue weighted by Crippen LogP contribution is -2.63. The predicted octanol–water partition coefficient (Wildman–Crippen LogP) is 5.09. The minimum Gasteiger partial charge on any atom is -0.464 e. The number of allylic oxidation sites excluding steroid dienone is 1. The Morgan fingerprint density at radius 1 is 1.25 bits per heavy atom. The molecule has 0 saturated carbocycles. The van der Waals surface area contributed by atoms with Gasteiger partial charge >= 0.3 is 12.1 Å². The molecule has 1 fully saturated rings. The van der Waals surface area contributed by atoms with Crippen molar-refractivity contribution >= 4 is 58.6 Å². The molecule has 1 aliphatic rings. The molecule has 1 amide bonds. The van der Waals surface area contributed by atoms with Crippen molar-refractivity contribution in [2.75, 3.05) is 12.9 Å². The van der Waals surface area contributed by atoms with Gasteiger partial charge in [0.25, 0.3) is 5.69 Å². The van der Waals surface area contributed by atoms with Crippen LogP contribution in [0.15, 0.2) is 51.4 Å². The van der Waals surface area contributed by atoms with Crippen LogP contribution in [0.2, 0.25) is 0 Å². The highest BCUT2D eigenvalue weighted by atomic mass is 32.2. The minimum atomic E-state index is -1.00. The van der Waals surface area contributed by atoms with Crippen LogP contribution in [0.3, 0.4) is 0 Å². The zero-order chi connectivity index (χ0) is 29.6. The largest absolute Gasteiger partial charge is 0.508 e. The SMILES string of the molecule is C=C(CSc1nnc(C)s1)S[C@@H]1[C@@H](C(C)OC(=O)OCc2ccc([N+](=O)[O-])cc2)C(=O)N1C(C(=O)OC)=C(C)C. The van der Waals surface area contributed by atoms with E-state index in [9.17, 15) is 24.5 Å². The number of ether oxygens (including phenoxy) is 3. The molecule has 1 saturated heterocycles. The maximum absolute atomic E-state index is 13.3. The number of rotatable bonds is 12. The number of methoxy groups -OCH3 is 1. The lowest BCUT2D eigenvalue weighted by atomic mass is 9.91. The monoisotopic (exact) mass is 608 g/mol. The van der Waals surface area contributed by atoms with Crippen LogP contribution in [0.1, 0.15) is 31.3 Å². The number of hydrogen-bond donors (Lipinski definition) is 0. The maximum Gasteiger partial charge on any atom is 0.508 e. The quantitative estimate of drug-likeness (QED) is 0.0788. The molecule has 0 spiro atoms. The van der Waals surface area contributed by atoms with Crippen LogP contribution in [0, 0.1) is 23.0 Å². The second-order valence-corrected chi connectivity index (χ2v) is 12.5. The zero-order valence-electron chi connectivity index (χ0n) is 22.4. The number of aromatic nitrogens is 2. The molecule has 1 aliphatic heterocycles. The number of thioether (sulfide) groups is 2. The second-order valence-electron chi connectivity index (χ2n) is 8.78. The molecule has 40 heavy (non-hydrogen) atoms. The number of hydrogen-bond acceptors (Lipinski definition) is 13. The normalized spacial score (nSPS) is 16.9. The van der Waals surface area contributed by atoms with Crippen molar-refractivity contribution in [1.82, 2.24) is 15.1 Å². The first-order valence-corrected chi connectivity index (χ1v) is 14.5. The van der Waals surface area contributed by atoms with Crippen molar-refractivity contribution in [2.24, 2.45) is 5.92 Å². The summed E-state index contributed by atoms with van der Waals surface area (Å²) < 4.78 is 16.3. The van der Waals surface area contributed by atoms with Gasteiger partial charge in [-0.15, -0.1) is 22.0 Å². The third-order valence-corrected chi connectivity index (χ3v) is 9.08. The highest BCUT2D eigenvalue weighted by Crippen LogP contribution is 2.45. The summed E-state index contributed by atoms with van der Waals surface area (Å²) in [5, 5.41) is 19.1. The molecule has 3 atom stereocenters. The number of likely N-dealkylation sites (tertiary alicyclic amines) is 1. The van der Waals surface area contributed by atoms with E-state index in [1.54, 1.807) is 20.8 Å². The number of carbonyl (C=O) groups is 3. The third kappa shape index (κ3) is 7.61. The van der Waals surface area contributed by atoms with Gasteiger partial charge < -0.3 is 14.2 Å². The number of β-lactam (4-membered cyclic amide) rings is 1. The van der Waals surface area contributed by atoms with Crippen molar-refractivity contribution in [3.63, 3.8) is 0 Å². The first kappa shape index (κ1) is 31.1. The fraction of sp³-hybridized carbons (Fsp3) is 0.400. The standard InChI is InChI=1S/C25H28N4O8S3/c1-13(2)20(23(31)35-6)28-21(30)19(22(28)39-14(3)12-38-24-27-26-16(5)40-24)15(4)37-25(32)36-11-17-7-9-18(10-8-17)29(33)34/h7-10,15,19,22H,3,11-12H2,1-2,4-6H3/t15?,19-,22+/m0/s1. The number of amides is 1. The number of aryl methyl sites for hydroxylation is 1. The van der Waals surface area contributed by atoms with Crippen LogP contribution in [-0.4, -0.2) is 62.4 Å². The lowest BCUT2D eigenvalue weighted by Gasteiger charge is -2.48. The summed E-state index contributed by atoms with van der Waals surface area (Å²) in [5.41, 5.74) is 1.15. The Morgan fingerprint density at radius 3 is 2.48 bits per heavy atom. The van der Waals surface area contributed by atoms with Crippen LogP contribution in [0.5, 0.6) is 0 Å². The molecule has 2 heterocycles. The number of non-ortho nitro benzene ring substituents is 1. The molecule has 0 aliphatic carbocycles. The average molecular weight is 609 g/mol. The summed E-state index contributed by atoms with van der Waals surface area (Å²) in [7, 11) is 1.24. The van der Waals surface area contributed by atoms with E-state index in [2.05, 4.69) is 16.8 Å². The molecular weight excluding hydrogens is 580 g/mol. The molecule has 3 rings (SSSR count). The number of benzene rings is 1. The number of nitro benzene ring substituents is 1. The van der Waals surface area contributed by atoms with Gasteiger partial charge in [-0.2, -0.15) is 0 Å². The summed E-state index contributed by atoms with van der Waals surface area (Å²) >= 11 is 4.21. The summed E-state index contributed by atoms with van der Waals surface area (Å²) in [6.07, 6.45) is -1.90. The number of nitro groups is 1. The minimum absolute atomic E-state index is 0.0855. The first-order valence-electron chi connectivity index (χ1n) is 11.9. The topological polar surface area (TPSA) is 151 Å².